The van der Waals surface area contributed by atoms with E-state index in [1.807, 2.05) is 6.92 Å². The van der Waals surface area contributed by atoms with Crippen LogP contribution in [-0.2, 0) is 30.2 Å². The maximum atomic E-state index is 12.2. The Bertz CT molecular complexity index is 1540. The monoisotopic (exact) mass is 653 g/mol. The van der Waals surface area contributed by atoms with Gasteiger partial charge in [-0.3, -0.25) is 9.69 Å². The quantitative estimate of drug-likeness (QED) is 0.101. The number of β-amino-alcohol motifs (C(OH)–C–C–N with tert-alkyl or cyclic N) is 2. The second-order valence-electron chi connectivity index (χ2n) is 10.7. The van der Waals surface area contributed by atoms with Gasteiger partial charge in [0.15, 0.2) is 17.2 Å². The van der Waals surface area contributed by atoms with Crippen molar-refractivity contribution in [2.24, 2.45) is 14.1 Å². The van der Waals surface area contributed by atoms with Crippen molar-refractivity contribution in [3.05, 3.63) is 61.8 Å². The van der Waals surface area contributed by atoms with E-state index in [2.05, 4.69) is 11.3 Å². The number of rotatable bonds is 9. The first-order valence-electron chi connectivity index (χ1n) is 14.1. The minimum Gasteiger partial charge on any atom is -0.504 e. The minimum absolute atomic E-state index is 0.0102. The predicted octanol–water partition coefficient (Wildman–Crippen LogP) is -0.407. The van der Waals surface area contributed by atoms with E-state index in [9.17, 15) is 39.0 Å². The number of nitrogens with zero attached hydrogens (tertiary/aromatic N) is 5. The standard InChI is InChI=1S/C13H24N2O4.C8H11N3O3.C8H8O5/c1-5-9(16)7-14-11(18)13(3,4)15(12(14)19)8-10(17)6-2;1-4-5-11-7(13)9(2)6(12)10(3)8(11)14;1-13-8(12)4-2-5(9)7(11)6(10)3-4/h9-10,16-17H,5-8H2,1-4H3;4H,1,5H2,2-3H3;2-3,9-11H,1H3. The van der Waals surface area contributed by atoms with Crippen LogP contribution < -0.4 is 17.1 Å². The summed E-state index contributed by atoms with van der Waals surface area (Å²) in [7, 11) is 3.82. The Kier molecular flexibility index (Phi) is 14.0. The average Bonchev–Trinajstić information content (AvgIpc) is 3.18. The molecular formula is C29H43N5O12. The summed E-state index contributed by atoms with van der Waals surface area (Å²) in [5.74, 6) is -2.83. The Hall–Kier alpha value is -4.90. The zero-order valence-corrected chi connectivity index (χ0v) is 27.0. The average molecular weight is 654 g/mol. The van der Waals surface area contributed by atoms with Crippen LogP contribution in [0.5, 0.6) is 17.2 Å². The number of methoxy groups -OCH3 is 1. The molecule has 1 aromatic carbocycles. The van der Waals surface area contributed by atoms with Crippen molar-refractivity contribution in [2.45, 2.75) is 64.8 Å². The normalized spacial score (nSPS) is 14.9. The highest BCUT2D eigenvalue weighted by atomic mass is 16.5. The highest BCUT2D eigenvalue weighted by molar-refractivity contribution is 6.06. The van der Waals surface area contributed by atoms with Gasteiger partial charge in [0.2, 0.25) is 0 Å². The largest absolute Gasteiger partial charge is 0.504 e. The molecule has 0 saturated carbocycles. The Balaban J connectivity index is 0.000000353. The van der Waals surface area contributed by atoms with E-state index >= 15 is 0 Å². The fourth-order valence-corrected chi connectivity index (χ4v) is 4.02. The molecule has 1 fully saturated rings. The molecule has 1 aliphatic heterocycles. The van der Waals surface area contributed by atoms with E-state index in [1.165, 1.54) is 32.2 Å². The predicted molar refractivity (Wildman–Crippen MR) is 165 cm³/mol. The third-order valence-electron chi connectivity index (χ3n) is 7.05. The van der Waals surface area contributed by atoms with Crippen molar-refractivity contribution in [1.82, 2.24) is 23.5 Å². The van der Waals surface area contributed by atoms with Gasteiger partial charge in [0.25, 0.3) is 5.91 Å². The van der Waals surface area contributed by atoms with Gasteiger partial charge in [-0.2, -0.15) is 0 Å². The summed E-state index contributed by atoms with van der Waals surface area (Å²) in [5, 5.41) is 46.3. The van der Waals surface area contributed by atoms with Gasteiger partial charge in [-0.1, -0.05) is 19.9 Å². The number of aliphatic hydroxyl groups excluding tert-OH is 2. The molecule has 3 amide bonds. The molecule has 1 aromatic heterocycles. The lowest BCUT2D eigenvalue weighted by Crippen LogP contribution is -2.52. The molecule has 256 valence electrons. The zero-order chi connectivity index (χ0) is 35.7. The first kappa shape index (κ1) is 39.1. The number of carbonyl (C=O) groups is 3. The molecule has 17 nitrogen and oxygen atoms in total. The SMILES string of the molecule is C=CCn1c(=O)n(C)c(=O)n(C)c1=O.CCC(O)CN1C(=O)N(CC(O)CC)C(C)(C)C1=O.COC(=O)c1cc(O)c(O)c(O)c1. The van der Waals surface area contributed by atoms with E-state index < -0.39 is 64.1 Å². The summed E-state index contributed by atoms with van der Waals surface area (Å²) in [5.41, 5.74) is -2.88. The summed E-state index contributed by atoms with van der Waals surface area (Å²) in [6.45, 7) is 10.6. The third-order valence-corrected chi connectivity index (χ3v) is 7.05. The van der Waals surface area contributed by atoms with Crippen LogP contribution in [0, 0.1) is 0 Å². The van der Waals surface area contributed by atoms with Crippen molar-refractivity contribution in [3.63, 3.8) is 0 Å². The number of hydrogen-bond acceptors (Lipinski definition) is 12. The van der Waals surface area contributed by atoms with Crippen molar-refractivity contribution in [1.29, 1.82) is 0 Å². The summed E-state index contributed by atoms with van der Waals surface area (Å²) in [6, 6.07) is 1.57. The number of benzene rings is 1. The second kappa shape index (κ2) is 16.4. The van der Waals surface area contributed by atoms with E-state index in [-0.39, 0.29) is 31.1 Å². The number of imide groups is 1. The molecule has 1 saturated heterocycles. The van der Waals surface area contributed by atoms with Crippen LogP contribution in [0.15, 0.2) is 39.2 Å². The topological polar surface area (TPSA) is 234 Å². The maximum Gasteiger partial charge on any atom is 0.338 e. The van der Waals surface area contributed by atoms with Gasteiger partial charge in [0.05, 0.1) is 38.0 Å². The molecule has 2 atom stereocenters. The van der Waals surface area contributed by atoms with Gasteiger partial charge in [-0.25, -0.2) is 37.7 Å². The lowest BCUT2D eigenvalue weighted by molar-refractivity contribution is -0.133. The summed E-state index contributed by atoms with van der Waals surface area (Å²) >= 11 is 0. The second-order valence-corrected chi connectivity index (χ2v) is 10.7. The number of urea groups is 1. The van der Waals surface area contributed by atoms with Crippen molar-refractivity contribution >= 4 is 17.9 Å². The number of ether oxygens (including phenoxy) is 1. The molecule has 5 N–H and O–H groups in total. The maximum absolute atomic E-state index is 12.2. The Morgan fingerprint density at radius 2 is 1.35 bits per heavy atom. The molecule has 2 unspecified atom stereocenters. The van der Waals surface area contributed by atoms with E-state index in [4.69, 9.17) is 15.3 Å². The number of aromatic nitrogens is 3. The van der Waals surface area contributed by atoms with Crippen LogP contribution in [0.2, 0.25) is 0 Å². The first-order chi connectivity index (χ1) is 21.3. The minimum atomic E-state index is -0.972. The number of hydrogen-bond donors (Lipinski definition) is 5. The molecule has 0 spiro atoms. The number of allylic oxidation sites excluding steroid dienone is 1. The third kappa shape index (κ3) is 8.85. The fourth-order valence-electron chi connectivity index (χ4n) is 4.02. The first-order valence-corrected chi connectivity index (χ1v) is 14.1. The molecule has 17 heteroatoms. The number of aromatic hydroxyl groups is 3. The lowest BCUT2D eigenvalue weighted by atomic mass is 10.0. The van der Waals surface area contributed by atoms with Crippen molar-refractivity contribution in [2.75, 3.05) is 20.2 Å². The fraction of sp³-hybridized carbons (Fsp3) is 0.517. The lowest BCUT2D eigenvalue weighted by Gasteiger charge is -2.29. The van der Waals surface area contributed by atoms with E-state index in [0.717, 1.165) is 30.7 Å². The number of phenols is 3. The molecule has 46 heavy (non-hydrogen) atoms. The number of amides is 3. The van der Waals surface area contributed by atoms with Crippen LogP contribution >= 0.6 is 0 Å². The van der Waals surface area contributed by atoms with E-state index in [0.29, 0.717) is 12.8 Å². The van der Waals surface area contributed by atoms with Crippen molar-refractivity contribution < 1.29 is 44.7 Å². The molecule has 0 radical (unpaired) electrons. The van der Waals surface area contributed by atoms with E-state index in [1.54, 1.807) is 20.8 Å². The van der Waals surface area contributed by atoms with Crippen LogP contribution in [0.4, 0.5) is 4.79 Å². The molecule has 0 aliphatic carbocycles. The van der Waals surface area contributed by atoms with Crippen LogP contribution in [0.3, 0.4) is 0 Å². The van der Waals surface area contributed by atoms with Gasteiger partial charge >= 0.3 is 29.1 Å². The zero-order valence-electron chi connectivity index (χ0n) is 27.0. The molecule has 0 bridgehead atoms. The highest BCUT2D eigenvalue weighted by Gasteiger charge is 2.51. The molecule has 2 aromatic rings. The van der Waals surface area contributed by atoms with Gasteiger partial charge in [0, 0.05) is 20.6 Å². The number of aliphatic hydroxyl groups is 2. The Morgan fingerprint density at radius 1 is 0.891 bits per heavy atom. The molecule has 2 heterocycles. The Labute approximate surface area is 264 Å². The van der Waals surface area contributed by atoms with Gasteiger partial charge < -0.3 is 35.2 Å². The smallest absolute Gasteiger partial charge is 0.338 e. The van der Waals surface area contributed by atoms with Crippen LogP contribution in [0.25, 0.3) is 0 Å². The Morgan fingerprint density at radius 3 is 1.76 bits per heavy atom. The summed E-state index contributed by atoms with van der Waals surface area (Å²) < 4.78 is 7.04. The highest BCUT2D eigenvalue weighted by Crippen LogP contribution is 2.35. The number of esters is 1. The summed E-state index contributed by atoms with van der Waals surface area (Å²) in [6.07, 6.45) is 1.07. The number of carbonyl (C=O) groups excluding carboxylic acids is 3. The summed E-state index contributed by atoms with van der Waals surface area (Å²) in [4.78, 5) is 71.9. The van der Waals surface area contributed by atoms with Gasteiger partial charge in [-0.05, 0) is 38.8 Å². The van der Waals surface area contributed by atoms with Gasteiger partial charge in [-0.15, -0.1) is 6.58 Å². The number of phenolic OH excluding ortho intramolecular Hbond substituents is 3. The van der Waals surface area contributed by atoms with Gasteiger partial charge in [0.1, 0.15) is 5.54 Å². The molecule has 1 aliphatic rings. The van der Waals surface area contributed by atoms with Crippen molar-refractivity contribution in [3.8, 4) is 17.2 Å². The van der Waals surface area contributed by atoms with Crippen LogP contribution in [0.1, 0.15) is 50.9 Å². The van der Waals surface area contributed by atoms with Crippen LogP contribution in [-0.4, -0.2) is 105 Å². The molecular weight excluding hydrogens is 610 g/mol. The molecule has 3 rings (SSSR count).